The van der Waals surface area contributed by atoms with Crippen molar-refractivity contribution in [2.45, 2.75) is 19.6 Å². The highest BCUT2D eigenvalue weighted by molar-refractivity contribution is 14.0. The van der Waals surface area contributed by atoms with Gasteiger partial charge in [-0.25, -0.2) is 4.98 Å². The minimum Gasteiger partial charge on any atom is -0.491 e. The molecule has 6 nitrogen and oxygen atoms in total. The number of methoxy groups -OCH3 is 1. The number of nitrogens with zero attached hydrogens (tertiary/aromatic N) is 3. The summed E-state index contributed by atoms with van der Waals surface area (Å²) in [7, 11) is 5.48. The molecule has 1 aromatic heterocycles. The van der Waals surface area contributed by atoms with Gasteiger partial charge >= 0.3 is 0 Å². The van der Waals surface area contributed by atoms with Gasteiger partial charge in [0.1, 0.15) is 23.5 Å². The van der Waals surface area contributed by atoms with Crippen molar-refractivity contribution in [1.29, 1.82) is 0 Å². The Morgan fingerprint density at radius 2 is 2.00 bits per heavy atom. The summed E-state index contributed by atoms with van der Waals surface area (Å²) in [5.41, 5.74) is 1.01. The molecular weight excluding hydrogens is 511 g/mol. The van der Waals surface area contributed by atoms with Crippen molar-refractivity contribution >= 4 is 52.0 Å². The average molecular weight is 540 g/mol. The largest absolute Gasteiger partial charge is 0.491 e. The molecule has 0 saturated heterocycles. The van der Waals surface area contributed by atoms with Crippen molar-refractivity contribution in [2.75, 3.05) is 34.4 Å². The minimum absolute atomic E-state index is 0. The highest BCUT2D eigenvalue weighted by Gasteiger charge is 2.12. The molecule has 3 aromatic rings. The molecule has 0 aliphatic carbocycles. The first-order chi connectivity index (χ1) is 14.1. The van der Waals surface area contributed by atoms with Crippen LogP contribution < -0.4 is 10.1 Å². The van der Waals surface area contributed by atoms with Gasteiger partial charge in [0.15, 0.2) is 5.96 Å². The number of aromatic nitrogens is 1. The van der Waals surface area contributed by atoms with Crippen LogP contribution in [0.25, 0.3) is 10.8 Å². The Balaban J connectivity index is 0.00000320. The molecule has 0 bridgehead atoms. The van der Waals surface area contributed by atoms with Gasteiger partial charge in [-0.2, -0.15) is 0 Å². The first-order valence-corrected chi connectivity index (χ1v) is 10.5. The van der Waals surface area contributed by atoms with E-state index in [2.05, 4.69) is 38.9 Å². The number of guanidine groups is 1. The summed E-state index contributed by atoms with van der Waals surface area (Å²) in [6.45, 7) is 3.88. The standard InChI is InChI=1S/C22H28N4O2S.HI/c1-16(27-4)21-25-18(15-29-21)14-26(3)22(23-2)24-12-13-28-20-11-7-9-17-8-5-6-10-19(17)20;/h5-11,15-16H,12-14H2,1-4H3,(H,23,24);1H. The number of hydrogen-bond donors (Lipinski definition) is 1. The predicted octanol–water partition coefficient (Wildman–Crippen LogP) is 4.71. The molecule has 0 radical (unpaired) electrons. The third-order valence-corrected chi connectivity index (χ3v) is 5.69. The number of ether oxygens (including phenoxy) is 2. The monoisotopic (exact) mass is 540 g/mol. The Hall–Kier alpha value is -1.91. The highest BCUT2D eigenvalue weighted by Crippen LogP contribution is 2.25. The molecule has 3 rings (SSSR count). The zero-order valence-electron chi connectivity index (χ0n) is 17.8. The molecule has 1 atom stereocenters. The number of halogens is 1. The lowest BCUT2D eigenvalue weighted by molar-refractivity contribution is 0.119. The van der Waals surface area contributed by atoms with Gasteiger partial charge in [0, 0.05) is 32.0 Å². The van der Waals surface area contributed by atoms with Crippen molar-refractivity contribution in [3.8, 4) is 5.75 Å². The van der Waals surface area contributed by atoms with E-state index in [9.17, 15) is 0 Å². The van der Waals surface area contributed by atoms with Crippen LogP contribution in [0.5, 0.6) is 5.75 Å². The fourth-order valence-corrected chi connectivity index (χ4v) is 3.87. The summed E-state index contributed by atoms with van der Waals surface area (Å²) >= 11 is 1.62. The van der Waals surface area contributed by atoms with Crippen molar-refractivity contribution in [2.24, 2.45) is 4.99 Å². The van der Waals surface area contributed by atoms with Crippen LogP contribution in [-0.2, 0) is 11.3 Å². The fourth-order valence-electron chi connectivity index (χ4n) is 3.03. The van der Waals surface area contributed by atoms with Gasteiger partial charge in [0.25, 0.3) is 0 Å². The highest BCUT2D eigenvalue weighted by atomic mass is 127. The van der Waals surface area contributed by atoms with Crippen LogP contribution >= 0.6 is 35.3 Å². The van der Waals surface area contributed by atoms with Gasteiger partial charge in [0.05, 0.1) is 18.8 Å². The van der Waals surface area contributed by atoms with Crippen molar-refractivity contribution in [3.05, 3.63) is 58.5 Å². The van der Waals surface area contributed by atoms with Crippen molar-refractivity contribution < 1.29 is 9.47 Å². The molecule has 8 heteroatoms. The lowest BCUT2D eigenvalue weighted by atomic mass is 10.1. The van der Waals surface area contributed by atoms with Crippen molar-refractivity contribution in [3.63, 3.8) is 0 Å². The number of thiazole rings is 1. The second-order valence-corrected chi connectivity index (χ2v) is 7.60. The number of aliphatic imine (C=N–C) groups is 1. The van der Waals surface area contributed by atoms with Gasteiger partial charge < -0.3 is 19.7 Å². The number of fused-ring (bicyclic) bond motifs is 1. The van der Waals surface area contributed by atoms with Crippen LogP contribution in [0.15, 0.2) is 52.8 Å². The smallest absolute Gasteiger partial charge is 0.193 e. The molecule has 0 aliphatic rings. The van der Waals surface area contributed by atoms with E-state index in [-0.39, 0.29) is 30.1 Å². The molecule has 1 N–H and O–H groups in total. The molecule has 0 aliphatic heterocycles. The quantitative estimate of drug-likeness (QED) is 0.194. The zero-order chi connectivity index (χ0) is 20.6. The first kappa shape index (κ1) is 24.4. The van der Waals surface area contributed by atoms with E-state index in [4.69, 9.17) is 9.47 Å². The van der Waals surface area contributed by atoms with E-state index in [0.29, 0.717) is 19.7 Å². The second-order valence-electron chi connectivity index (χ2n) is 6.71. The van der Waals surface area contributed by atoms with Crippen LogP contribution in [0.4, 0.5) is 0 Å². The summed E-state index contributed by atoms with van der Waals surface area (Å²) in [5, 5.41) is 8.71. The molecule has 162 valence electrons. The Bertz CT molecular complexity index is 958. The van der Waals surface area contributed by atoms with E-state index in [1.165, 1.54) is 5.39 Å². The Morgan fingerprint density at radius 3 is 2.77 bits per heavy atom. The molecule has 1 heterocycles. The first-order valence-electron chi connectivity index (χ1n) is 9.61. The SMILES string of the molecule is CN=C(NCCOc1cccc2ccccc12)N(C)Cc1csc(C(C)OC)n1.I. The molecule has 0 saturated carbocycles. The van der Waals surface area contributed by atoms with Crippen LogP contribution in [0.3, 0.4) is 0 Å². The summed E-state index contributed by atoms with van der Waals surface area (Å²) in [6.07, 6.45) is 0.0164. The topological polar surface area (TPSA) is 59.0 Å². The Labute approximate surface area is 199 Å². The second kappa shape index (κ2) is 12.1. The van der Waals surface area contributed by atoms with Gasteiger partial charge in [-0.05, 0) is 18.4 Å². The van der Waals surface area contributed by atoms with Gasteiger partial charge in [-0.15, -0.1) is 35.3 Å². The Morgan fingerprint density at radius 1 is 1.23 bits per heavy atom. The maximum atomic E-state index is 5.99. The van der Waals surface area contributed by atoms with Crippen LogP contribution in [0, 0.1) is 0 Å². The fraction of sp³-hybridized carbons (Fsp3) is 0.364. The molecule has 0 amide bonds. The van der Waals surface area contributed by atoms with Gasteiger partial charge in [0.2, 0.25) is 0 Å². The van der Waals surface area contributed by atoms with Gasteiger partial charge in [-0.1, -0.05) is 36.4 Å². The normalized spacial score (nSPS) is 12.3. The van der Waals surface area contributed by atoms with Crippen LogP contribution in [0.1, 0.15) is 23.7 Å². The summed E-state index contributed by atoms with van der Waals surface area (Å²) in [4.78, 5) is 11.1. The van der Waals surface area contributed by atoms with Crippen LogP contribution in [0.2, 0.25) is 0 Å². The molecular formula is C22H29IN4O2S. The lowest BCUT2D eigenvalue weighted by Gasteiger charge is -2.21. The predicted molar refractivity (Wildman–Crippen MR) is 135 cm³/mol. The maximum Gasteiger partial charge on any atom is 0.193 e. The third kappa shape index (κ3) is 6.29. The van der Waals surface area contributed by atoms with Gasteiger partial charge in [-0.3, -0.25) is 4.99 Å². The minimum atomic E-state index is 0. The number of benzene rings is 2. The lowest BCUT2D eigenvalue weighted by Crippen LogP contribution is -2.40. The maximum absolute atomic E-state index is 5.99. The van der Waals surface area contributed by atoms with Crippen molar-refractivity contribution in [1.82, 2.24) is 15.2 Å². The molecule has 1 unspecified atom stereocenters. The number of nitrogens with one attached hydrogen (secondary N) is 1. The summed E-state index contributed by atoms with van der Waals surface area (Å²) in [6, 6.07) is 14.4. The van der Waals surface area contributed by atoms with E-state index in [0.717, 1.165) is 27.8 Å². The van der Waals surface area contributed by atoms with E-state index in [1.807, 2.05) is 43.1 Å². The molecule has 0 fully saturated rings. The number of rotatable bonds is 8. The molecule has 0 spiro atoms. The van der Waals surface area contributed by atoms with Crippen LogP contribution in [-0.4, -0.2) is 50.2 Å². The number of hydrogen-bond acceptors (Lipinski definition) is 5. The third-order valence-electron chi connectivity index (χ3n) is 4.64. The summed E-state index contributed by atoms with van der Waals surface area (Å²) in [5.74, 6) is 1.70. The molecule has 2 aromatic carbocycles. The van der Waals surface area contributed by atoms with E-state index in [1.54, 1.807) is 25.5 Å². The Kier molecular flexibility index (Phi) is 9.80. The summed E-state index contributed by atoms with van der Waals surface area (Å²) < 4.78 is 11.3. The average Bonchev–Trinajstić information content (AvgIpc) is 3.21. The van der Waals surface area contributed by atoms with E-state index < -0.39 is 0 Å². The molecule has 30 heavy (non-hydrogen) atoms. The zero-order valence-corrected chi connectivity index (χ0v) is 20.9. The van der Waals surface area contributed by atoms with E-state index >= 15 is 0 Å².